The SMILES string of the molecule is Cc1cccc2c(=O)n(CC(=O)N(C)Cc3cnn(C)c3)cnc12. The van der Waals surface area contributed by atoms with E-state index in [-0.39, 0.29) is 18.0 Å². The lowest BCUT2D eigenvalue weighted by molar-refractivity contribution is -0.131. The number of aromatic nitrogens is 4. The van der Waals surface area contributed by atoms with E-state index in [4.69, 9.17) is 0 Å². The summed E-state index contributed by atoms with van der Waals surface area (Å²) in [6.07, 6.45) is 5.01. The number of nitrogens with zero attached hydrogens (tertiary/aromatic N) is 5. The van der Waals surface area contributed by atoms with Gasteiger partial charge < -0.3 is 4.90 Å². The molecule has 0 atom stereocenters. The van der Waals surface area contributed by atoms with Crippen LogP contribution in [-0.4, -0.2) is 37.2 Å². The highest BCUT2D eigenvalue weighted by Gasteiger charge is 2.13. The number of rotatable bonds is 4. The van der Waals surface area contributed by atoms with Crippen LogP contribution in [-0.2, 0) is 24.9 Å². The average molecular weight is 325 g/mol. The number of carbonyl (C=O) groups is 1. The summed E-state index contributed by atoms with van der Waals surface area (Å²) in [6, 6.07) is 5.46. The molecule has 0 saturated carbocycles. The maximum Gasteiger partial charge on any atom is 0.261 e. The van der Waals surface area contributed by atoms with Crippen LogP contribution in [0.5, 0.6) is 0 Å². The average Bonchev–Trinajstić information content (AvgIpc) is 2.95. The van der Waals surface area contributed by atoms with Crippen molar-refractivity contribution in [2.75, 3.05) is 7.05 Å². The Morgan fingerprint density at radius 2 is 2.12 bits per heavy atom. The molecule has 3 rings (SSSR count). The van der Waals surface area contributed by atoms with Crippen LogP contribution in [0.2, 0.25) is 0 Å². The van der Waals surface area contributed by atoms with E-state index in [2.05, 4.69) is 10.1 Å². The van der Waals surface area contributed by atoms with Gasteiger partial charge in [0.15, 0.2) is 0 Å². The molecule has 2 aromatic heterocycles. The predicted molar refractivity (Wildman–Crippen MR) is 90.4 cm³/mol. The van der Waals surface area contributed by atoms with Crippen LogP contribution in [0.15, 0.2) is 41.7 Å². The van der Waals surface area contributed by atoms with Crippen LogP contribution in [0, 0.1) is 6.92 Å². The number of aryl methyl sites for hydroxylation is 2. The highest BCUT2D eigenvalue weighted by atomic mass is 16.2. The third kappa shape index (κ3) is 3.05. The molecule has 0 N–H and O–H groups in total. The third-order valence-electron chi connectivity index (χ3n) is 3.96. The van der Waals surface area contributed by atoms with Gasteiger partial charge in [0, 0.05) is 32.4 Å². The number of likely N-dealkylation sites (N-methyl/N-ethyl adjacent to an activating group) is 1. The number of para-hydroxylation sites is 1. The fourth-order valence-corrected chi connectivity index (χ4v) is 2.63. The first-order chi connectivity index (χ1) is 11.5. The van der Waals surface area contributed by atoms with Crippen molar-refractivity contribution in [2.45, 2.75) is 20.0 Å². The Morgan fingerprint density at radius 3 is 2.83 bits per heavy atom. The molecule has 0 bridgehead atoms. The summed E-state index contributed by atoms with van der Waals surface area (Å²) in [5.74, 6) is -0.158. The van der Waals surface area contributed by atoms with Gasteiger partial charge in [-0.3, -0.25) is 18.8 Å². The summed E-state index contributed by atoms with van der Waals surface area (Å²) in [5, 5.41) is 4.61. The van der Waals surface area contributed by atoms with Crippen molar-refractivity contribution >= 4 is 16.8 Å². The lowest BCUT2D eigenvalue weighted by atomic mass is 10.1. The summed E-state index contributed by atoms with van der Waals surface area (Å²) in [5.41, 5.74) is 2.35. The van der Waals surface area contributed by atoms with E-state index < -0.39 is 0 Å². The van der Waals surface area contributed by atoms with E-state index in [9.17, 15) is 9.59 Å². The zero-order valence-corrected chi connectivity index (χ0v) is 13.9. The molecule has 0 fully saturated rings. The fraction of sp³-hybridized carbons (Fsp3) is 0.294. The van der Waals surface area contributed by atoms with Gasteiger partial charge in [0.25, 0.3) is 5.56 Å². The van der Waals surface area contributed by atoms with Crippen LogP contribution in [0.4, 0.5) is 0 Å². The number of benzene rings is 1. The molecule has 0 aliphatic heterocycles. The molecule has 0 spiro atoms. The smallest absolute Gasteiger partial charge is 0.261 e. The molecular weight excluding hydrogens is 306 g/mol. The molecule has 24 heavy (non-hydrogen) atoms. The Balaban J connectivity index is 1.80. The van der Waals surface area contributed by atoms with Crippen molar-refractivity contribution in [2.24, 2.45) is 7.05 Å². The molecule has 0 aliphatic carbocycles. The highest BCUT2D eigenvalue weighted by molar-refractivity contribution is 5.81. The van der Waals surface area contributed by atoms with Crippen LogP contribution in [0.3, 0.4) is 0 Å². The Hall–Kier alpha value is -2.96. The van der Waals surface area contributed by atoms with Gasteiger partial charge in [-0.2, -0.15) is 5.10 Å². The van der Waals surface area contributed by atoms with Gasteiger partial charge >= 0.3 is 0 Å². The molecule has 3 aromatic rings. The summed E-state index contributed by atoms with van der Waals surface area (Å²) in [6.45, 7) is 2.32. The summed E-state index contributed by atoms with van der Waals surface area (Å²) < 4.78 is 3.04. The molecule has 0 radical (unpaired) electrons. The summed E-state index contributed by atoms with van der Waals surface area (Å²) in [4.78, 5) is 30.8. The molecule has 7 nitrogen and oxygen atoms in total. The third-order valence-corrected chi connectivity index (χ3v) is 3.96. The predicted octanol–water partition coefficient (Wildman–Crippen LogP) is 1.10. The summed E-state index contributed by atoms with van der Waals surface area (Å²) in [7, 11) is 3.53. The lowest BCUT2D eigenvalue weighted by Crippen LogP contribution is -2.33. The van der Waals surface area contributed by atoms with E-state index in [1.807, 2.05) is 32.3 Å². The zero-order chi connectivity index (χ0) is 17.3. The molecule has 124 valence electrons. The largest absolute Gasteiger partial charge is 0.340 e. The molecule has 7 heteroatoms. The van der Waals surface area contributed by atoms with Gasteiger partial charge in [-0.05, 0) is 18.6 Å². The molecule has 0 aliphatic rings. The first-order valence-electron chi connectivity index (χ1n) is 7.62. The minimum absolute atomic E-state index is 0.0352. The van der Waals surface area contributed by atoms with E-state index in [1.54, 1.807) is 28.9 Å². The van der Waals surface area contributed by atoms with Crippen molar-refractivity contribution in [3.63, 3.8) is 0 Å². The number of fused-ring (bicyclic) bond motifs is 1. The van der Waals surface area contributed by atoms with Gasteiger partial charge in [-0.1, -0.05) is 12.1 Å². The number of carbonyl (C=O) groups excluding carboxylic acids is 1. The molecule has 1 amide bonds. The van der Waals surface area contributed by atoms with Gasteiger partial charge in [0.2, 0.25) is 5.91 Å². The Bertz CT molecular complexity index is 957. The van der Waals surface area contributed by atoms with Crippen molar-refractivity contribution in [3.8, 4) is 0 Å². The van der Waals surface area contributed by atoms with Gasteiger partial charge in [0.1, 0.15) is 6.54 Å². The first-order valence-corrected chi connectivity index (χ1v) is 7.62. The quantitative estimate of drug-likeness (QED) is 0.720. The second kappa shape index (κ2) is 6.27. The Morgan fingerprint density at radius 1 is 1.33 bits per heavy atom. The van der Waals surface area contributed by atoms with Crippen LogP contribution in [0.1, 0.15) is 11.1 Å². The topological polar surface area (TPSA) is 73.0 Å². The van der Waals surface area contributed by atoms with E-state index in [0.717, 1.165) is 11.1 Å². The van der Waals surface area contributed by atoms with Crippen molar-refractivity contribution in [1.29, 1.82) is 0 Å². The van der Waals surface area contributed by atoms with Crippen molar-refractivity contribution < 1.29 is 4.79 Å². The number of hydrogen-bond acceptors (Lipinski definition) is 4. The van der Waals surface area contributed by atoms with Gasteiger partial charge in [-0.15, -0.1) is 0 Å². The molecular formula is C17H19N5O2. The number of hydrogen-bond donors (Lipinski definition) is 0. The summed E-state index contributed by atoms with van der Waals surface area (Å²) >= 11 is 0. The number of amides is 1. The van der Waals surface area contributed by atoms with Gasteiger partial charge in [0.05, 0.1) is 23.4 Å². The second-order valence-corrected chi connectivity index (χ2v) is 5.92. The first kappa shape index (κ1) is 15.9. The molecule has 0 saturated heterocycles. The van der Waals surface area contributed by atoms with Gasteiger partial charge in [-0.25, -0.2) is 4.98 Å². The molecule has 0 unspecified atom stereocenters. The van der Waals surface area contributed by atoms with Crippen molar-refractivity contribution in [3.05, 3.63) is 58.4 Å². The normalized spacial score (nSPS) is 11.0. The van der Waals surface area contributed by atoms with Crippen LogP contribution >= 0.6 is 0 Å². The van der Waals surface area contributed by atoms with E-state index in [1.165, 1.54) is 10.9 Å². The second-order valence-electron chi connectivity index (χ2n) is 5.92. The minimum atomic E-state index is -0.202. The Kier molecular flexibility index (Phi) is 4.16. The molecule has 2 heterocycles. The molecule has 1 aromatic carbocycles. The fourth-order valence-electron chi connectivity index (χ4n) is 2.63. The highest BCUT2D eigenvalue weighted by Crippen LogP contribution is 2.11. The van der Waals surface area contributed by atoms with Crippen LogP contribution < -0.4 is 5.56 Å². The van der Waals surface area contributed by atoms with E-state index in [0.29, 0.717) is 17.4 Å². The van der Waals surface area contributed by atoms with Crippen molar-refractivity contribution in [1.82, 2.24) is 24.2 Å². The maximum absolute atomic E-state index is 12.5. The lowest BCUT2D eigenvalue weighted by Gasteiger charge is -2.17. The monoisotopic (exact) mass is 325 g/mol. The zero-order valence-electron chi connectivity index (χ0n) is 13.9. The maximum atomic E-state index is 12.5. The standard InChI is InChI=1S/C17H19N5O2/c1-12-5-4-6-14-16(12)18-11-22(17(14)24)10-15(23)20(2)8-13-7-19-21(3)9-13/h4-7,9,11H,8,10H2,1-3H3. The van der Waals surface area contributed by atoms with Crippen LogP contribution in [0.25, 0.3) is 10.9 Å². The Labute approximate surface area is 139 Å². The van der Waals surface area contributed by atoms with E-state index >= 15 is 0 Å². The minimum Gasteiger partial charge on any atom is -0.340 e.